The van der Waals surface area contributed by atoms with Gasteiger partial charge in [0, 0.05) is 31.1 Å². The van der Waals surface area contributed by atoms with Crippen LogP contribution in [0.3, 0.4) is 0 Å². The van der Waals surface area contributed by atoms with Crippen LogP contribution in [0.2, 0.25) is 0 Å². The van der Waals surface area contributed by atoms with Crippen molar-refractivity contribution in [1.82, 2.24) is 10.2 Å². The van der Waals surface area contributed by atoms with Crippen molar-refractivity contribution in [2.45, 2.75) is 77.4 Å². The first kappa shape index (κ1) is 30.4. The zero-order valence-corrected chi connectivity index (χ0v) is 23.9. The van der Waals surface area contributed by atoms with Crippen LogP contribution in [0.4, 0.5) is 10.1 Å². The average Bonchev–Trinajstić information content (AvgIpc) is 2.91. The number of nitrogens with zero attached hydrogens (tertiary/aromatic N) is 2. The number of nitrogens with one attached hydrogen (secondary N) is 1. The molecule has 2 aromatic carbocycles. The standard InChI is InChI=1S/C29H40FN3O5S/c1-4-38-26-18-16-25(17-19-26)33(39(3,36)37)20-10-15-28(34)32(21-23-11-8-9-14-27(23)30)22(2)29(35)31-24-12-6-5-7-13-24/h8-9,11,14,16-19,22,24H,4-7,10,12-13,15,20-21H2,1-3H3,(H,31,35). The zero-order valence-electron chi connectivity index (χ0n) is 23.1. The van der Waals surface area contributed by atoms with Gasteiger partial charge in [-0.15, -0.1) is 0 Å². The van der Waals surface area contributed by atoms with Gasteiger partial charge in [0.25, 0.3) is 0 Å². The molecule has 2 aromatic rings. The molecule has 2 amide bonds. The fourth-order valence-corrected chi connectivity index (χ4v) is 5.81. The number of carbonyl (C=O) groups excluding carboxylic acids is 2. The van der Waals surface area contributed by atoms with Crippen molar-refractivity contribution in [3.8, 4) is 5.75 Å². The Morgan fingerprint density at radius 1 is 1.08 bits per heavy atom. The van der Waals surface area contributed by atoms with Gasteiger partial charge < -0.3 is 15.0 Å². The van der Waals surface area contributed by atoms with Crippen LogP contribution in [0.25, 0.3) is 0 Å². The van der Waals surface area contributed by atoms with E-state index >= 15 is 0 Å². The molecular weight excluding hydrogens is 521 g/mol. The molecule has 1 aliphatic rings. The Kier molecular flexibility index (Phi) is 11.2. The molecule has 1 atom stereocenters. The van der Waals surface area contributed by atoms with Crippen molar-refractivity contribution in [3.63, 3.8) is 0 Å². The molecule has 1 N–H and O–H groups in total. The Hall–Kier alpha value is -3.14. The maximum atomic E-state index is 14.5. The van der Waals surface area contributed by atoms with Gasteiger partial charge in [-0.25, -0.2) is 12.8 Å². The summed E-state index contributed by atoms with van der Waals surface area (Å²) in [5.41, 5.74) is 0.784. The Balaban J connectivity index is 1.71. The molecule has 1 saturated carbocycles. The molecule has 1 fully saturated rings. The fraction of sp³-hybridized carbons (Fsp3) is 0.517. The van der Waals surface area contributed by atoms with Crippen molar-refractivity contribution in [2.75, 3.05) is 23.7 Å². The molecule has 1 unspecified atom stereocenters. The van der Waals surface area contributed by atoms with E-state index in [0.29, 0.717) is 23.6 Å². The van der Waals surface area contributed by atoms with Gasteiger partial charge in [0.1, 0.15) is 17.6 Å². The highest BCUT2D eigenvalue weighted by molar-refractivity contribution is 7.92. The summed E-state index contributed by atoms with van der Waals surface area (Å²) in [5.74, 6) is -0.425. The van der Waals surface area contributed by atoms with Gasteiger partial charge in [-0.1, -0.05) is 37.5 Å². The Labute approximate surface area is 231 Å². The lowest BCUT2D eigenvalue weighted by Gasteiger charge is -2.31. The van der Waals surface area contributed by atoms with Crippen LogP contribution in [0.1, 0.15) is 64.4 Å². The van der Waals surface area contributed by atoms with Crippen LogP contribution < -0.4 is 14.4 Å². The van der Waals surface area contributed by atoms with Crippen molar-refractivity contribution in [3.05, 3.63) is 59.9 Å². The first-order chi connectivity index (χ1) is 18.6. The topological polar surface area (TPSA) is 96.0 Å². The zero-order chi connectivity index (χ0) is 28.4. The van der Waals surface area contributed by atoms with E-state index in [9.17, 15) is 22.4 Å². The highest BCUT2D eigenvalue weighted by Gasteiger charge is 2.29. The van der Waals surface area contributed by atoms with Gasteiger partial charge in [-0.3, -0.25) is 13.9 Å². The molecule has 0 radical (unpaired) electrons. The second kappa shape index (κ2) is 14.3. The molecule has 214 valence electrons. The van der Waals surface area contributed by atoms with E-state index in [0.717, 1.165) is 38.4 Å². The summed E-state index contributed by atoms with van der Waals surface area (Å²) in [6.45, 7) is 4.04. The van der Waals surface area contributed by atoms with E-state index < -0.39 is 21.9 Å². The van der Waals surface area contributed by atoms with E-state index in [1.165, 1.54) is 15.3 Å². The van der Waals surface area contributed by atoms with Gasteiger partial charge >= 0.3 is 0 Å². The SMILES string of the molecule is CCOc1ccc(N(CCCC(=O)N(Cc2ccccc2F)C(C)C(=O)NC2CCCCC2)S(C)(=O)=O)cc1. The van der Waals surface area contributed by atoms with Crippen molar-refractivity contribution in [1.29, 1.82) is 0 Å². The first-order valence-electron chi connectivity index (χ1n) is 13.6. The maximum Gasteiger partial charge on any atom is 0.242 e. The van der Waals surface area contributed by atoms with E-state index in [-0.39, 0.29) is 43.8 Å². The minimum Gasteiger partial charge on any atom is -0.494 e. The highest BCUT2D eigenvalue weighted by Crippen LogP contribution is 2.23. The normalized spacial score (nSPS) is 14.9. The highest BCUT2D eigenvalue weighted by atomic mass is 32.2. The number of anilines is 1. The van der Waals surface area contributed by atoms with Crippen LogP contribution >= 0.6 is 0 Å². The van der Waals surface area contributed by atoms with Crippen LogP contribution in [-0.4, -0.2) is 56.6 Å². The third-order valence-electron chi connectivity index (χ3n) is 7.01. The maximum absolute atomic E-state index is 14.5. The second-order valence-electron chi connectivity index (χ2n) is 10.00. The Bertz CT molecular complexity index is 1200. The summed E-state index contributed by atoms with van der Waals surface area (Å²) in [7, 11) is -3.61. The smallest absolute Gasteiger partial charge is 0.242 e. The molecule has 0 spiro atoms. The third kappa shape index (κ3) is 8.95. The predicted octanol–water partition coefficient (Wildman–Crippen LogP) is 4.64. The Morgan fingerprint density at radius 3 is 2.36 bits per heavy atom. The largest absolute Gasteiger partial charge is 0.494 e. The first-order valence-corrected chi connectivity index (χ1v) is 15.5. The molecule has 8 nitrogen and oxygen atoms in total. The molecule has 39 heavy (non-hydrogen) atoms. The van der Waals surface area contributed by atoms with E-state index in [4.69, 9.17) is 4.74 Å². The summed E-state index contributed by atoms with van der Waals surface area (Å²) < 4.78 is 46.2. The van der Waals surface area contributed by atoms with Gasteiger partial charge in [-0.2, -0.15) is 0 Å². The third-order valence-corrected chi connectivity index (χ3v) is 8.20. The number of hydrogen-bond donors (Lipinski definition) is 1. The summed E-state index contributed by atoms with van der Waals surface area (Å²) in [5, 5.41) is 3.06. The second-order valence-corrected chi connectivity index (χ2v) is 11.9. The van der Waals surface area contributed by atoms with E-state index in [2.05, 4.69) is 5.32 Å². The number of carbonyl (C=O) groups is 2. The van der Waals surface area contributed by atoms with Gasteiger partial charge in [-0.05, 0) is 63.4 Å². The van der Waals surface area contributed by atoms with Crippen LogP contribution in [0, 0.1) is 5.82 Å². The number of ether oxygens (including phenoxy) is 1. The minimum absolute atomic E-state index is 0.00144. The molecule has 0 heterocycles. The number of amides is 2. The van der Waals surface area contributed by atoms with Crippen LogP contribution in [-0.2, 0) is 26.2 Å². The number of rotatable bonds is 13. The van der Waals surface area contributed by atoms with Gasteiger partial charge in [0.05, 0.1) is 18.6 Å². The van der Waals surface area contributed by atoms with Crippen molar-refractivity contribution in [2.24, 2.45) is 0 Å². The summed E-state index contributed by atoms with van der Waals surface area (Å²) in [6.07, 6.45) is 6.43. The monoisotopic (exact) mass is 561 g/mol. The van der Waals surface area contributed by atoms with Gasteiger partial charge in [0.15, 0.2) is 0 Å². The number of hydrogen-bond acceptors (Lipinski definition) is 5. The molecular formula is C29H40FN3O5S. The molecule has 10 heteroatoms. The predicted molar refractivity (Wildman–Crippen MR) is 150 cm³/mol. The van der Waals surface area contributed by atoms with Crippen molar-refractivity contribution < 1.29 is 27.1 Å². The van der Waals surface area contributed by atoms with Crippen molar-refractivity contribution >= 4 is 27.5 Å². The minimum atomic E-state index is -3.61. The lowest BCUT2D eigenvalue weighted by atomic mass is 9.95. The van der Waals surface area contributed by atoms with E-state index in [1.54, 1.807) is 49.4 Å². The summed E-state index contributed by atoms with van der Waals surface area (Å²) >= 11 is 0. The molecule has 0 bridgehead atoms. The molecule has 1 aliphatic carbocycles. The molecule has 0 saturated heterocycles. The Morgan fingerprint density at radius 2 is 1.74 bits per heavy atom. The summed E-state index contributed by atoms with van der Waals surface area (Å²) in [4.78, 5) is 27.9. The molecule has 3 rings (SSSR count). The number of benzene rings is 2. The van der Waals surface area contributed by atoms with Crippen LogP contribution in [0.5, 0.6) is 5.75 Å². The number of halogens is 1. The van der Waals surface area contributed by atoms with E-state index in [1.807, 2.05) is 6.92 Å². The fourth-order valence-electron chi connectivity index (χ4n) is 4.84. The molecule has 0 aliphatic heterocycles. The van der Waals surface area contributed by atoms with Crippen LogP contribution in [0.15, 0.2) is 48.5 Å². The quantitative estimate of drug-likeness (QED) is 0.385. The molecule has 0 aromatic heterocycles. The average molecular weight is 562 g/mol. The van der Waals surface area contributed by atoms with Gasteiger partial charge in [0.2, 0.25) is 21.8 Å². The number of sulfonamides is 1. The lowest BCUT2D eigenvalue weighted by molar-refractivity contribution is -0.141. The lowest BCUT2D eigenvalue weighted by Crippen LogP contribution is -2.50. The summed E-state index contributed by atoms with van der Waals surface area (Å²) in [6, 6.07) is 12.2.